The average molecular weight is 238 g/mol. The molecule has 98 valence electrons. The number of hydrogen-bond acceptors (Lipinski definition) is 2. The van der Waals surface area contributed by atoms with Crippen LogP contribution in [-0.2, 0) is 4.79 Å². The Hall–Kier alpha value is -0.570. The normalized spacial score (nSPS) is 32.9. The molecular weight excluding hydrogens is 212 g/mol. The number of rotatable bonds is 2. The van der Waals surface area contributed by atoms with Gasteiger partial charge in [-0.15, -0.1) is 0 Å². The van der Waals surface area contributed by atoms with Gasteiger partial charge in [0.15, 0.2) is 0 Å². The van der Waals surface area contributed by atoms with Crippen LogP contribution in [0.5, 0.6) is 0 Å². The smallest absolute Gasteiger partial charge is 0.222 e. The van der Waals surface area contributed by atoms with Crippen molar-refractivity contribution in [1.82, 2.24) is 4.90 Å². The van der Waals surface area contributed by atoms with Crippen molar-refractivity contribution in [3.05, 3.63) is 0 Å². The van der Waals surface area contributed by atoms with Crippen LogP contribution in [0.2, 0.25) is 0 Å². The van der Waals surface area contributed by atoms with Crippen LogP contribution < -0.4 is 5.73 Å². The summed E-state index contributed by atoms with van der Waals surface area (Å²) in [5.41, 5.74) is 6.34. The van der Waals surface area contributed by atoms with Gasteiger partial charge in [-0.05, 0) is 36.5 Å². The molecule has 0 aromatic heterocycles. The highest BCUT2D eigenvalue weighted by Crippen LogP contribution is 2.37. The van der Waals surface area contributed by atoms with Crippen molar-refractivity contribution in [2.45, 2.75) is 52.5 Å². The van der Waals surface area contributed by atoms with E-state index in [0.29, 0.717) is 30.2 Å². The summed E-state index contributed by atoms with van der Waals surface area (Å²) in [4.78, 5) is 14.2. The van der Waals surface area contributed by atoms with Crippen molar-refractivity contribution in [2.24, 2.45) is 23.0 Å². The van der Waals surface area contributed by atoms with Gasteiger partial charge in [0.25, 0.3) is 0 Å². The van der Waals surface area contributed by atoms with Gasteiger partial charge >= 0.3 is 0 Å². The van der Waals surface area contributed by atoms with Crippen molar-refractivity contribution >= 4 is 5.91 Å². The molecule has 3 atom stereocenters. The minimum absolute atomic E-state index is 0.252. The van der Waals surface area contributed by atoms with Crippen LogP contribution in [0.1, 0.15) is 46.5 Å². The summed E-state index contributed by atoms with van der Waals surface area (Å²) >= 11 is 0. The molecule has 1 heterocycles. The maximum atomic E-state index is 12.1. The second-order valence-corrected chi connectivity index (χ2v) is 7.02. The summed E-state index contributed by atoms with van der Waals surface area (Å²) in [5.74, 6) is 1.60. The first-order chi connectivity index (χ1) is 7.87. The Morgan fingerprint density at radius 2 is 2.00 bits per heavy atom. The number of nitrogens with zero attached hydrogens (tertiary/aromatic N) is 1. The molecule has 2 N–H and O–H groups in total. The molecule has 1 aliphatic carbocycles. The van der Waals surface area contributed by atoms with E-state index in [9.17, 15) is 4.79 Å². The van der Waals surface area contributed by atoms with Gasteiger partial charge in [0.2, 0.25) is 5.91 Å². The lowest BCUT2D eigenvalue weighted by Gasteiger charge is -2.22. The lowest BCUT2D eigenvalue weighted by molar-refractivity contribution is -0.131. The van der Waals surface area contributed by atoms with Crippen LogP contribution in [0, 0.1) is 17.3 Å². The Morgan fingerprint density at radius 1 is 1.29 bits per heavy atom. The standard InChI is InChI=1S/C14H26N2O/c1-14(2,3)7-6-13(17)16-8-10-4-5-12(15)11(10)9-16/h10-12H,4-9,15H2,1-3H3. The summed E-state index contributed by atoms with van der Waals surface area (Å²) in [6.07, 6.45) is 4.04. The van der Waals surface area contributed by atoms with Crippen LogP contribution >= 0.6 is 0 Å². The Kier molecular flexibility index (Phi) is 3.48. The van der Waals surface area contributed by atoms with Crippen LogP contribution in [0.3, 0.4) is 0 Å². The van der Waals surface area contributed by atoms with Gasteiger partial charge in [0, 0.05) is 25.6 Å². The van der Waals surface area contributed by atoms with Gasteiger partial charge in [-0.1, -0.05) is 20.8 Å². The van der Waals surface area contributed by atoms with Crippen molar-refractivity contribution in [3.63, 3.8) is 0 Å². The van der Waals surface area contributed by atoms with E-state index in [1.54, 1.807) is 0 Å². The first-order valence-electron chi connectivity index (χ1n) is 6.90. The highest BCUT2D eigenvalue weighted by molar-refractivity contribution is 5.76. The van der Waals surface area contributed by atoms with Crippen LogP contribution in [-0.4, -0.2) is 29.9 Å². The fourth-order valence-electron chi connectivity index (χ4n) is 3.15. The lowest BCUT2D eigenvalue weighted by Crippen LogP contribution is -2.33. The third-order valence-electron chi connectivity index (χ3n) is 4.35. The fraction of sp³-hybridized carbons (Fsp3) is 0.929. The number of fused-ring (bicyclic) bond motifs is 1. The van der Waals surface area contributed by atoms with Gasteiger partial charge in [-0.2, -0.15) is 0 Å². The molecule has 1 saturated carbocycles. The third kappa shape index (κ3) is 3.01. The zero-order valence-corrected chi connectivity index (χ0v) is 11.4. The molecule has 0 bridgehead atoms. The number of likely N-dealkylation sites (tertiary alicyclic amines) is 1. The molecular formula is C14H26N2O. The first kappa shape index (κ1) is 12.9. The quantitative estimate of drug-likeness (QED) is 0.800. The third-order valence-corrected chi connectivity index (χ3v) is 4.35. The molecule has 0 spiro atoms. The Bertz CT molecular complexity index is 295. The van der Waals surface area contributed by atoms with E-state index in [0.717, 1.165) is 25.9 Å². The van der Waals surface area contributed by atoms with Crippen LogP contribution in [0.25, 0.3) is 0 Å². The molecule has 2 rings (SSSR count). The predicted molar refractivity (Wildman–Crippen MR) is 69.5 cm³/mol. The van der Waals surface area contributed by atoms with E-state index in [2.05, 4.69) is 25.7 Å². The van der Waals surface area contributed by atoms with Crippen molar-refractivity contribution in [2.75, 3.05) is 13.1 Å². The summed E-state index contributed by atoms with van der Waals surface area (Å²) in [6, 6.07) is 0.334. The topological polar surface area (TPSA) is 46.3 Å². The van der Waals surface area contributed by atoms with Crippen molar-refractivity contribution in [1.29, 1.82) is 0 Å². The van der Waals surface area contributed by atoms with Gasteiger partial charge in [0.05, 0.1) is 0 Å². The molecule has 1 saturated heterocycles. The number of hydrogen-bond donors (Lipinski definition) is 1. The van der Waals surface area contributed by atoms with Gasteiger partial charge in [-0.3, -0.25) is 4.79 Å². The molecule has 0 radical (unpaired) electrons. The number of carbonyl (C=O) groups is 1. The fourth-order valence-corrected chi connectivity index (χ4v) is 3.15. The summed E-state index contributed by atoms with van der Waals surface area (Å²) in [6.45, 7) is 8.44. The molecule has 3 nitrogen and oxygen atoms in total. The molecule has 3 unspecified atom stereocenters. The van der Waals surface area contributed by atoms with E-state index >= 15 is 0 Å². The molecule has 1 amide bonds. The summed E-state index contributed by atoms with van der Waals surface area (Å²) in [7, 11) is 0. The summed E-state index contributed by atoms with van der Waals surface area (Å²) in [5, 5.41) is 0. The first-order valence-corrected chi connectivity index (χ1v) is 6.90. The highest BCUT2D eigenvalue weighted by Gasteiger charge is 2.42. The average Bonchev–Trinajstić information content (AvgIpc) is 2.77. The predicted octanol–water partition coefficient (Wildman–Crippen LogP) is 2.01. The number of amides is 1. The van der Waals surface area contributed by atoms with Gasteiger partial charge < -0.3 is 10.6 Å². The second kappa shape index (κ2) is 4.60. The molecule has 17 heavy (non-hydrogen) atoms. The minimum atomic E-state index is 0.252. The Balaban J connectivity index is 1.83. The minimum Gasteiger partial charge on any atom is -0.342 e. The van der Waals surface area contributed by atoms with E-state index in [4.69, 9.17) is 5.73 Å². The van der Waals surface area contributed by atoms with Crippen molar-refractivity contribution < 1.29 is 4.79 Å². The number of carbonyl (C=O) groups excluding carboxylic acids is 1. The largest absolute Gasteiger partial charge is 0.342 e. The SMILES string of the molecule is CC(C)(C)CCC(=O)N1CC2CCC(N)C2C1. The molecule has 0 aromatic rings. The zero-order valence-electron chi connectivity index (χ0n) is 11.4. The zero-order chi connectivity index (χ0) is 12.6. The molecule has 2 fully saturated rings. The van der Waals surface area contributed by atoms with E-state index in [-0.39, 0.29) is 5.41 Å². The van der Waals surface area contributed by atoms with Gasteiger partial charge in [-0.25, -0.2) is 0 Å². The highest BCUT2D eigenvalue weighted by atomic mass is 16.2. The number of nitrogens with two attached hydrogens (primary N) is 1. The lowest BCUT2D eigenvalue weighted by atomic mass is 9.90. The van der Waals surface area contributed by atoms with Crippen LogP contribution in [0.4, 0.5) is 0 Å². The molecule has 2 aliphatic rings. The summed E-state index contributed by atoms with van der Waals surface area (Å²) < 4.78 is 0. The van der Waals surface area contributed by atoms with Gasteiger partial charge in [0.1, 0.15) is 0 Å². The van der Waals surface area contributed by atoms with E-state index in [1.807, 2.05) is 0 Å². The maximum absolute atomic E-state index is 12.1. The van der Waals surface area contributed by atoms with Crippen molar-refractivity contribution in [3.8, 4) is 0 Å². The Labute approximate surface area is 105 Å². The van der Waals surface area contributed by atoms with E-state index < -0.39 is 0 Å². The second-order valence-electron chi connectivity index (χ2n) is 7.02. The molecule has 0 aromatic carbocycles. The molecule has 1 aliphatic heterocycles. The monoisotopic (exact) mass is 238 g/mol. The van der Waals surface area contributed by atoms with E-state index in [1.165, 1.54) is 6.42 Å². The molecule has 3 heteroatoms. The maximum Gasteiger partial charge on any atom is 0.222 e. The van der Waals surface area contributed by atoms with Crippen LogP contribution in [0.15, 0.2) is 0 Å². The Morgan fingerprint density at radius 3 is 2.59 bits per heavy atom.